The molecule has 0 saturated heterocycles. The summed E-state index contributed by atoms with van der Waals surface area (Å²) in [5.41, 5.74) is 3.96. The van der Waals surface area contributed by atoms with Gasteiger partial charge in [-0.15, -0.1) is 0 Å². The second-order valence-electron chi connectivity index (χ2n) is 9.12. The van der Waals surface area contributed by atoms with Crippen molar-refractivity contribution in [1.29, 1.82) is 0 Å². The molecule has 0 radical (unpaired) electrons. The van der Waals surface area contributed by atoms with Crippen LogP contribution < -0.4 is 10.6 Å². The first kappa shape index (κ1) is 22.5. The number of hydrogen-bond donors (Lipinski definition) is 4. The number of amides is 2. The Morgan fingerprint density at radius 2 is 1.68 bits per heavy atom. The minimum atomic E-state index is -0.770. The lowest BCUT2D eigenvalue weighted by atomic mass is 9.98. The predicted octanol–water partition coefficient (Wildman–Crippen LogP) is 4.85. The van der Waals surface area contributed by atoms with Gasteiger partial charge in [-0.3, -0.25) is 9.59 Å². The highest BCUT2D eigenvalue weighted by Gasteiger charge is 2.23. The van der Waals surface area contributed by atoms with Crippen LogP contribution in [0.25, 0.3) is 32.7 Å². The van der Waals surface area contributed by atoms with E-state index in [1.807, 2.05) is 85.1 Å². The summed E-state index contributed by atoms with van der Waals surface area (Å²) in [7, 11) is 0. The summed E-state index contributed by atoms with van der Waals surface area (Å²) in [4.78, 5) is 37.3. The van der Waals surface area contributed by atoms with Gasteiger partial charge in [0.2, 0.25) is 5.91 Å². The van der Waals surface area contributed by atoms with E-state index in [1.165, 1.54) is 0 Å². The molecule has 7 heteroatoms. The van der Waals surface area contributed by atoms with Crippen molar-refractivity contribution in [3.8, 4) is 0 Å². The van der Waals surface area contributed by atoms with Crippen LogP contribution in [-0.4, -0.2) is 32.8 Å². The number of rotatable bonds is 7. The molecule has 0 aliphatic carbocycles. The number of hydrogen-bond acceptors (Lipinski definition) is 3. The molecule has 37 heavy (non-hydrogen) atoms. The summed E-state index contributed by atoms with van der Waals surface area (Å²) < 4.78 is 0. The molecule has 7 nitrogen and oxygen atoms in total. The van der Waals surface area contributed by atoms with Gasteiger partial charge in [0.25, 0.3) is 5.91 Å². The maximum absolute atomic E-state index is 13.4. The lowest BCUT2D eigenvalue weighted by Crippen LogP contribution is -2.48. The van der Waals surface area contributed by atoms with Crippen molar-refractivity contribution in [3.63, 3.8) is 0 Å². The molecule has 3 heterocycles. The molecule has 0 aliphatic heterocycles. The van der Waals surface area contributed by atoms with Crippen LogP contribution in [0, 0.1) is 0 Å². The van der Waals surface area contributed by atoms with Gasteiger partial charge in [-0.1, -0.05) is 60.7 Å². The van der Waals surface area contributed by atoms with Gasteiger partial charge in [0, 0.05) is 41.6 Å². The molecular weight excluding hydrogens is 462 g/mol. The van der Waals surface area contributed by atoms with E-state index >= 15 is 0 Å². The lowest BCUT2D eigenvalue weighted by Gasteiger charge is -2.19. The van der Waals surface area contributed by atoms with Crippen LogP contribution in [0.2, 0.25) is 0 Å². The zero-order chi connectivity index (χ0) is 25.2. The number of aromatic amines is 2. The maximum Gasteiger partial charge on any atom is 0.268 e. The summed E-state index contributed by atoms with van der Waals surface area (Å²) in [5, 5.41) is 10.0. The molecule has 0 unspecified atom stereocenters. The van der Waals surface area contributed by atoms with Crippen molar-refractivity contribution >= 4 is 44.5 Å². The molecule has 0 aliphatic rings. The Morgan fingerprint density at radius 3 is 2.57 bits per heavy atom. The largest absolute Gasteiger partial charge is 0.351 e. The number of aromatic nitrogens is 3. The van der Waals surface area contributed by atoms with E-state index in [0.717, 1.165) is 43.8 Å². The third-order valence-corrected chi connectivity index (χ3v) is 6.62. The number of carbonyl (C=O) groups excluding carboxylic acids is 2. The van der Waals surface area contributed by atoms with Crippen LogP contribution in [0.1, 0.15) is 21.6 Å². The van der Waals surface area contributed by atoms with Gasteiger partial charge in [0.15, 0.2) is 0 Å². The van der Waals surface area contributed by atoms with E-state index in [-0.39, 0.29) is 11.8 Å². The van der Waals surface area contributed by atoms with Gasteiger partial charge in [-0.05, 0) is 46.2 Å². The van der Waals surface area contributed by atoms with Crippen molar-refractivity contribution < 1.29 is 9.59 Å². The van der Waals surface area contributed by atoms with Gasteiger partial charge >= 0.3 is 0 Å². The fourth-order valence-corrected chi connectivity index (χ4v) is 4.73. The second kappa shape index (κ2) is 9.62. The predicted molar refractivity (Wildman–Crippen MR) is 145 cm³/mol. The van der Waals surface area contributed by atoms with Crippen LogP contribution in [0.15, 0.2) is 97.3 Å². The van der Waals surface area contributed by atoms with E-state index in [2.05, 4.69) is 25.6 Å². The van der Waals surface area contributed by atoms with E-state index < -0.39 is 6.04 Å². The van der Waals surface area contributed by atoms with Gasteiger partial charge in [-0.2, -0.15) is 0 Å². The molecule has 6 aromatic rings. The van der Waals surface area contributed by atoms with Crippen LogP contribution in [0.3, 0.4) is 0 Å². The van der Waals surface area contributed by atoms with Crippen molar-refractivity contribution in [2.45, 2.75) is 19.0 Å². The van der Waals surface area contributed by atoms with Gasteiger partial charge in [-0.25, -0.2) is 4.98 Å². The molecule has 2 amide bonds. The van der Waals surface area contributed by atoms with Crippen LogP contribution in [0.5, 0.6) is 0 Å². The highest BCUT2D eigenvalue weighted by molar-refractivity contribution is 6.00. The number of H-pyrrole nitrogens is 2. The number of pyridine rings is 1. The molecule has 3 aromatic carbocycles. The molecule has 0 saturated carbocycles. The number of carbonyl (C=O) groups is 2. The Morgan fingerprint density at radius 1 is 0.865 bits per heavy atom. The normalized spacial score (nSPS) is 12.1. The minimum absolute atomic E-state index is 0.258. The number of nitrogens with one attached hydrogen (secondary N) is 4. The molecule has 182 valence electrons. The van der Waals surface area contributed by atoms with Crippen LogP contribution in [0.4, 0.5) is 0 Å². The smallest absolute Gasteiger partial charge is 0.268 e. The molecule has 0 spiro atoms. The topological polar surface area (TPSA) is 103 Å². The van der Waals surface area contributed by atoms with E-state index in [9.17, 15) is 9.59 Å². The average Bonchev–Trinajstić information content (AvgIpc) is 3.58. The Balaban J connectivity index is 1.26. The summed E-state index contributed by atoms with van der Waals surface area (Å²) in [6, 6.07) is 26.7. The molecule has 4 N–H and O–H groups in total. The number of fused-ring (bicyclic) bond motifs is 3. The van der Waals surface area contributed by atoms with Gasteiger partial charge in [0.1, 0.15) is 17.4 Å². The highest BCUT2D eigenvalue weighted by atomic mass is 16.2. The zero-order valence-corrected chi connectivity index (χ0v) is 20.0. The quantitative estimate of drug-likeness (QED) is 0.259. The van der Waals surface area contributed by atoms with Crippen molar-refractivity contribution in [1.82, 2.24) is 25.6 Å². The van der Waals surface area contributed by atoms with Gasteiger partial charge in [0.05, 0.1) is 0 Å². The number of para-hydroxylation sites is 1. The Kier molecular flexibility index (Phi) is 5.86. The molecule has 0 fully saturated rings. The first-order valence-electron chi connectivity index (χ1n) is 12.2. The van der Waals surface area contributed by atoms with E-state index in [0.29, 0.717) is 18.7 Å². The first-order chi connectivity index (χ1) is 18.1. The summed E-state index contributed by atoms with van der Waals surface area (Å²) in [5.74, 6) is -0.585. The van der Waals surface area contributed by atoms with Crippen molar-refractivity contribution in [2.24, 2.45) is 0 Å². The van der Waals surface area contributed by atoms with Crippen LogP contribution in [-0.2, 0) is 17.8 Å². The lowest BCUT2D eigenvalue weighted by molar-refractivity contribution is -0.123. The third kappa shape index (κ3) is 4.67. The summed E-state index contributed by atoms with van der Waals surface area (Å²) >= 11 is 0. The molecular formula is C30H25N5O2. The second-order valence-corrected chi connectivity index (χ2v) is 9.12. The third-order valence-electron chi connectivity index (χ3n) is 6.62. The first-order valence-corrected chi connectivity index (χ1v) is 12.2. The van der Waals surface area contributed by atoms with E-state index in [4.69, 9.17) is 0 Å². The maximum atomic E-state index is 13.4. The number of nitrogens with zero attached hydrogens (tertiary/aromatic N) is 1. The Labute approximate surface area is 212 Å². The molecule has 0 bridgehead atoms. The van der Waals surface area contributed by atoms with Crippen molar-refractivity contribution in [3.05, 3.63) is 114 Å². The molecule has 3 aromatic heterocycles. The van der Waals surface area contributed by atoms with Crippen LogP contribution >= 0.6 is 0 Å². The monoisotopic (exact) mass is 487 g/mol. The summed E-state index contributed by atoms with van der Waals surface area (Å²) in [6.07, 6.45) is 3.93. The van der Waals surface area contributed by atoms with E-state index in [1.54, 1.807) is 12.3 Å². The Bertz CT molecular complexity index is 1710. The Hall–Kier alpha value is -4.91. The molecule has 1 atom stereocenters. The fourth-order valence-electron chi connectivity index (χ4n) is 4.73. The SMILES string of the molecule is O=C(N[C@@H](Cc1cccc2ccccc12)C(=O)NCc1cnc2[nH]ccc2c1)c1cc2ccccc2[nH]1. The van der Waals surface area contributed by atoms with Gasteiger partial charge < -0.3 is 20.6 Å². The zero-order valence-electron chi connectivity index (χ0n) is 20.0. The average molecular weight is 488 g/mol. The standard InChI is InChI=1S/C30H25N5O2/c36-29(33-18-19-14-23-12-13-31-28(23)32-17-19)26(15-21-9-5-8-20-6-1-3-10-24(20)21)35-30(37)27-16-22-7-2-4-11-25(22)34-27/h1-14,16-17,26,34H,15,18H2,(H,31,32)(H,33,36)(H,35,37)/t26-/m0/s1. The minimum Gasteiger partial charge on any atom is -0.351 e. The number of benzene rings is 3. The highest BCUT2D eigenvalue weighted by Crippen LogP contribution is 2.21. The van der Waals surface area contributed by atoms with Crippen molar-refractivity contribution in [2.75, 3.05) is 0 Å². The molecule has 6 rings (SSSR count). The summed E-state index contributed by atoms with van der Waals surface area (Å²) in [6.45, 7) is 0.307. The fraction of sp³-hybridized carbons (Fsp3) is 0.100.